The highest BCUT2D eigenvalue weighted by atomic mass is 32.1. The normalized spacial score (nSPS) is 10.7. The van der Waals surface area contributed by atoms with E-state index in [4.69, 9.17) is 4.78 Å². The van der Waals surface area contributed by atoms with Gasteiger partial charge >= 0.3 is 0 Å². The lowest BCUT2D eigenvalue weighted by atomic mass is 10.1. The van der Waals surface area contributed by atoms with Crippen LogP contribution in [0.3, 0.4) is 0 Å². The fourth-order valence-electron chi connectivity index (χ4n) is 0.122. The lowest BCUT2D eigenvalue weighted by Crippen LogP contribution is -2.07. The second-order valence-electron chi connectivity index (χ2n) is 2.34. The largest absolute Gasteiger partial charge is 0.733 e. The minimum absolute atomic E-state index is 0.112. The Kier molecular flexibility index (Phi) is 2.15. The first-order valence-electron chi connectivity index (χ1n) is 2.09. The molecule has 0 aromatic heterocycles. The average molecular weight is 117 g/mol. The van der Waals surface area contributed by atoms with Gasteiger partial charge in [0.05, 0.1) is 5.54 Å². The molecule has 0 radical (unpaired) electrons. The van der Waals surface area contributed by atoms with Gasteiger partial charge in [-0.25, -0.2) is 4.36 Å². The van der Waals surface area contributed by atoms with E-state index in [1.165, 1.54) is 0 Å². The number of nitrogens with zero attached hydrogens (tertiary/aromatic N) is 2. The highest BCUT2D eigenvalue weighted by Gasteiger charge is 2.02. The molecule has 0 aromatic rings. The summed E-state index contributed by atoms with van der Waals surface area (Å²) in [5, 5.41) is 0. The van der Waals surface area contributed by atoms with Gasteiger partial charge in [-0.15, -0.1) is 0 Å². The zero-order chi connectivity index (χ0) is 5.91. The van der Waals surface area contributed by atoms with E-state index in [9.17, 15) is 0 Å². The van der Waals surface area contributed by atoms with Crippen molar-refractivity contribution in [3.05, 3.63) is 4.78 Å². The topological polar surface area (TPSA) is 34.7 Å². The van der Waals surface area contributed by atoms with Crippen LogP contribution in [0.1, 0.15) is 20.8 Å². The van der Waals surface area contributed by atoms with Gasteiger partial charge in [-0.1, -0.05) is 0 Å². The molecule has 0 amide bonds. The Balaban J connectivity index is 3.80. The fraction of sp³-hybridized carbons (Fsp3) is 1.00. The maximum absolute atomic E-state index is 8.15. The van der Waals surface area contributed by atoms with Crippen LogP contribution in [-0.2, 0) is 11.4 Å². The van der Waals surface area contributed by atoms with Crippen molar-refractivity contribution in [2.45, 2.75) is 26.3 Å². The van der Waals surface area contributed by atoms with Crippen LogP contribution in [-0.4, -0.2) is 5.54 Å². The molecule has 0 spiro atoms. The molecule has 0 N–H and O–H groups in total. The maximum atomic E-state index is 8.15. The van der Waals surface area contributed by atoms with Crippen molar-refractivity contribution < 1.29 is 0 Å². The van der Waals surface area contributed by atoms with Gasteiger partial charge in [0.15, 0.2) is 0 Å². The molecule has 42 valence electrons. The second kappa shape index (κ2) is 2.21. The summed E-state index contributed by atoms with van der Waals surface area (Å²) in [6.45, 7) is 5.78. The lowest BCUT2D eigenvalue weighted by molar-refractivity contribution is 0.594. The lowest BCUT2D eigenvalue weighted by Gasteiger charge is -2.08. The summed E-state index contributed by atoms with van der Waals surface area (Å²) < 4.78 is 11.9. The number of hydrogen-bond acceptors (Lipinski definition) is 1. The van der Waals surface area contributed by atoms with Crippen LogP contribution in [0.15, 0.2) is 4.36 Å². The van der Waals surface area contributed by atoms with E-state index in [-0.39, 0.29) is 5.54 Å². The Morgan fingerprint density at radius 2 is 1.86 bits per heavy atom. The van der Waals surface area contributed by atoms with E-state index >= 15 is 0 Å². The molecule has 0 aromatic carbocycles. The van der Waals surface area contributed by atoms with E-state index in [0.29, 0.717) is 11.4 Å². The molecule has 0 aliphatic carbocycles. The van der Waals surface area contributed by atoms with Crippen LogP contribution in [0.2, 0.25) is 0 Å². The molecule has 0 heterocycles. The zero-order valence-corrected chi connectivity index (χ0v) is 5.62. The minimum Gasteiger partial charge on any atom is -0.733 e. The first kappa shape index (κ1) is 6.82. The summed E-state index contributed by atoms with van der Waals surface area (Å²) in [7, 11) is 0. The van der Waals surface area contributed by atoms with Crippen LogP contribution in [0.25, 0.3) is 4.78 Å². The highest BCUT2D eigenvalue weighted by molar-refractivity contribution is 7.59. The van der Waals surface area contributed by atoms with E-state index in [1.54, 1.807) is 0 Å². The van der Waals surface area contributed by atoms with Gasteiger partial charge < -0.3 is 4.78 Å². The van der Waals surface area contributed by atoms with Gasteiger partial charge in [0.25, 0.3) is 0 Å². The molecule has 0 unspecified atom stereocenters. The van der Waals surface area contributed by atoms with Crippen LogP contribution < -0.4 is 0 Å². The van der Waals surface area contributed by atoms with Crippen LogP contribution in [0.4, 0.5) is 0 Å². The molecule has 2 nitrogen and oxygen atoms in total. The van der Waals surface area contributed by atoms with Crippen LogP contribution in [0, 0.1) is 0 Å². The van der Waals surface area contributed by atoms with E-state index in [0.717, 1.165) is 0 Å². The smallest absolute Gasteiger partial charge is 0.0626 e. The molecule has 0 fully saturated rings. The van der Waals surface area contributed by atoms with Crippen molar-refractivity contribution in [2.24, 2.45) is 4.36 Å². The molecular formula is C4H9N2S-. The number of hydrogen-bond donors (Lipinski definition) is 0. The molecule has 0 saturated heterocycles. The third kappa shape index (κ3) is 5.82. The van der Waals surface area contributed by atoms with E-state index in [2.05, 4.69) is 4.36 Å². The predicted molar refractivity (Wildman–Crippen MR) is 32.9 cm³/mol. The average Bonchev–Trinajstić information content (AvgIpc) is 1.30. The first-order valence-corrected chi connectivity index (χ1v) is 2.82. The molecular weight excluding hydrogens is 108 g/mol. The Morgan fingerprint density at radius 3 is 1.86 bits per heavy atom. The summed E-state index contributed by atoms with van der Waals surface area (Å²) in [6.07, 6.45) is 0. The Hall–Kier alpha value is -0.180. The molecule has 0 aliphatic rings. The quantitative estimate of drug-likeness (QED) is 0.464. The first-order chi connectivity index (χ1) is 3.06. The van der Waals surface area contributed by atoms with E-state index < -0.39 is 0 Å². The van der Waals surface area contributed by atoms with Gasteiger partial charge in [0.1, 0.15) is 0 Å². The summed E-state index contributed by atoms with van der Waals surface area (Å²) in [6, 6.07) is 0. The predicted octanol–water partition coefficient (Wildman–Crippen LogP) is 1.80. The Morgan fingerprint density at radius 1 is 1.43 bits per heavy atom. The van der Waals surface area contributed by atoms with Gasteiger partial charge in [0, 0.05) is 0 Å². The standard InChI is InChI=1S/C4H9N2S/c1-4(2,3)6-7-5/h1-3H3/q-1. The summed E-state index contributed by atoms with van der Waals surface area (Å²) >= 11 is 0.534. The molecule has 0 aliphatic heterocycles. The zero-order valence-electron chi connectivity index (χ0n) is 4.80. The maximum Gasteiger partial charge on any atom is 0.0626 e. The van der Waals surface area contributed by atoms with Crippen molar-refractivity contribution >= 4 is 11.4 Å². The minimum atomic E-state index is -0.112. The third-order valence-electron chi connectivity index (χ3n) is 0.315. The van der Waals surface area contributed by atoms with Crippen LogP contribution >= 0.6 is 0 Å². The van der Waals surface area contributed by atoms with Crippen molar-refractivity contribution in [3.63, 3.8) is 0 Å². The summed E-state index contributed by atoms with van der Waals surface area (Å²) in [5.74, 6) is 0. The molecule has 0 bridgehead atoms. The van der Waals surface area contributed by atoms with Crippen molar-refractivity contribution in [1.29, 1.82) is 0 Å². The van der Waals surface area contributed by atoms with E-state index in [1.807, 2.05) is 20.8 Å². The molecule has 7 heavy (non-hydrogen) atoms. The fourth-order valence-corrected chi connectivity index (χ4v) is 0.367. The molecule has 3 heteroatoms. The Bertz CT molecular complexity index is 96.7. The monoisotopic (exact) mass is 117 g/mol. The van der Waals surface area contributed by atoms with Gasteiger partial charge in [-0.2, -0.15) is 11.4 Å². The van der Waals surface area contributed by atoms with Gasteiger partial charge in [0.2, 0.25) is 0 Å². The van der Waals surface area contributed by atoms with Crippen molar-refractivity contribution in [1.82, 2.24) is 0 Å². The van der Waals surface area contributed by atoms with Crippen molar-refractivity contribution in [2.75, 3.05) is 0 Å². The highest BCUT2D eigenvalue weighted by Crippen LogP contribution is 2.03. The molecule has 0 rings (SSSR count). The van der Waals surface area contributed by atoms with Gasteiger partial charge in [-0.05, 0) is 20.8 Å². The third-order valence-corrected chi connectivity index (χ3v) is 0.944. The van der Waals surface area contributed by atoms with Crippen molar-refractivity contribution in [3.8, 4) is 0 Å². The van der Waals surface area contributed by atoms with Gasteiger partial charge in [-0.3, -0.25) is 0 Å². The number of rotatable bonds is 0. The van der Waals surface area contributed by atoms with Crippen LogP contribution in [0.5, 0.6) is 0 Å². The second-order valence-corrected chi connectivity index (χ2v) is 2.69. The SMILES string of the molecule is CC(C)(C)N=S=[N-]. The molecule has 0 saturated carbocycles. The summed E-state index contributed by atoms with van der Waals surface area (Å²) in [5.41, 5.74) is -0.112. The Labute approximate surface area is 47.6 Å². The summed E-state index contributed by atoms with van der Waals surface area (Å²) in [4.78, 5) is 0. The molecule has 0 atom stereocenters.